The van der Waals surface area contributed by atoms with Crippen LogP contribution in [0.15, 0.2) is 200 Å². The molecule has 3 heterocycles. The molecule has 0 aliphatic heterocycles. The Morgan fingerprint density at radius 3 is 1.24 bits per heavy atom. The van der Waals surface area contributed by atoms with Gasteiger partial charge in [-0.3, -0.25) is 19.3 Å². The number of pyridine rings is 3. The number of nitrogens with zero attached hydrogens (tertiary/aromatic N) is 3. The van der Waals surface area contributed by atoms with Gasteiger partial charge in [0.25, 0.3) is 0 Å². The van der Waals surface area contributed by atoms with Crippen molar-refractivity contribution in [3.63, 3.8) is 0 Å². The van der Waals surface area contributed by atoms with Gasteiger partial charge in [0.15, 0.2) is 0 Å². The van der Waals surface area contributed by atoms with E-state index in [0.717, 1.165) is 28.1 Å². The Bertz CT molecular complexity index is 3390. The van der Waals surface area contributed by atoms with Crippen molar-refractivity contribution in [1.29, 1.82) is 0 Å². The van der Waals surface area contributed by atoms with Crippen molar-refractivity contribution in [3.05, 3.63) is 241 Å². The molecule has 0 aliphatic carbocycles. The van der Waals surface area contributed by atoms with Crippen LogP contribution in [0.25, 0.3) is 89.5 Å². The van der Waals surface area contributed by atoms with Crippen LogP contribution in [0.3, 0.4) is 0 Å². The zero-order valence-electron chi connectivity index (χ0n) is 43.9. The molecular formula is C69H62FIrN3O-2. The molecule has 10 aromatic rings. The summed E-state index contributed by atoms with van der Waals surface area (Å²) in [7, 11) is 0. The number of aromatic hydroxyl groups is 1. The second kappa shape index (κ2) is 24.1. The summed E-state index contributed by atoms with van der Waals surface area (Å²) in [6, 6.07) is 69.4. The van der Waals surface area contributed by atoms with Crippen LogP contribution in [0.1, 0.15) is 101 Å². The average Bonchev–Trinajstić information content (AvgIpc) is 3.43. The van der Waals surface area contributed by atoms with E-state index in [1.165, 1.54) is 73.3 Å². The van der Waals surface area contributed by atoms with Gasteiger partial charge in [-0.05, 0) is 121 Å². The van der Waals surface area contributed by atoms with Crippen molar-refractivity contribution >= 4 is 0 Å². The van der Waals surface area contributed by atoms with Crippen molar-refractivity contribution in [2.75, 3.05) is 0 Å². The third-order valence-corrected chi connectivity index (χ3v) is 13.5. The molecule has 0 spiro atoms. The fraction of sp³-hybridized carbons (Fsp3) is 0.174. The second-order valence-electron chi connectivity index (χ2n) is 20.1. The maximum Gasteiger partial charge on any atom is 0.124 e. The number of hydrogen-bond acceptors (Lipinski definition) is 4. The molecule has 0 fully saturated rings. The van der Waals surface area contributed by atoms with Gasteiger partial charge in [0, 0.05) is 55.3 Å². The zero-order valence-corrected chi connectivity index (χ0v) is 46.3. The third kappa shape index (κ3) is 12.3. The van der Waals surface area contributed by atoms with Crippen molar-refractivity contribution in [2.45, 2.75) is 79.1 Å². The summed E-state index contributed by atoms with van der Waals surface area (Å²) in [6.07, 6.45) is 3.67. The van der Waals surface area contributed by atoms with Gasteiger partial charge < -0.3 is 5.11 Å². The van der Waals surface area contributed by atoms with E-state index >= 15 is 0 Å². The Morgan fingerprint density at radius 2 is 0.827 bits per heavy atom. The predicted octanol–water partition coefficient (Wildman–Crippen LogP) is 18.8. The Balaban J connectivity index is 0.000000197. The van der Waals surface area contributed by atoms with Crippen molar-refractivity contribution in [2.24, 2.45) is 0 Å². The van der Waals surface area contributed by atoms with E-state index in [0.29, 0.717) is 34.4 Å². The van der Waals surface area contributed by atoms with E-state index in [2.05, 4.69) is 181 Å². The Kier molecular flexibility index (Phi) is 17.3. The van der Waals surface area contributed by atoms with Crippen LogP contribution >= 0.6 is 0 Å². The Morgan fingerprint density at radius 1 is 0.400 bits per heavy atom. The standard InChI is InChI=1S/C35H31FNO.C34H31N2.Ir/c1-22(2)30-18-26(24-10-6-5-7-11-24)19-31(23(3)4)35(30)27-20-32(25-14-16-28(36)17-15-25)37-33(21-27)29-12-8-9-13-34(29)38;1-23(2)30-21-26(25-12-6-5-7-13-25)22-31(24(3)4)34(30)29-19-27(32-14-8-10-16-35-32)18-28(20-29)33-15-9-11-17-36-33;/h5-14,16-23,38H,1-4H3;5-17,19-24H,1-4H3;/q2*-1;. The minimum atomic E-state index is -0.341. The summed E-state index contributed by atoms with van der Waals surface area (Å²) >= 11 is 0. The van der Waals surface area contributed by atoms with Gasteiger partial charge in [0.05, 0.1) is 5.69 Å². The van der Waals surface area contributed by atoms with Crippen LogP contribution < -0.4 is 0 Å². The molecule has 6 heteroatoms. The number of aromatic nitrogens is 3. The number of halogens is 1. The van der Waals surface area contributed by atoms with Gasteiger partial charge in [0.2, 0.25) is 0 Å². The Hall–Kier alpha value is -7.63. The SMILES string of the molecule is CC(C)c1cc(-c2ccccc2)cc(C(C)C)c1-c1cc(-c2[c-]cc(F)cc2)nc(-c2ccccc2O)c1.CC(C)c1cc(-c2ccccc2)cc(C(C)C)c1-c1cc(-c2ccccn2)[c-]c(-c2ccccn2)c1.[Ir]. The van der Waals surface area contributed by atoms with Gasteiger partial charge in [-0.2, -0.15) is 0 Å². The molecule has 0 saturated carbocycles. The molecule has 75 heavy (non-hydrogen) atoms. The monoisotopic (exact) mass is 1160 g/mol. The van der Waals surface area contributed by atoms with Crippen LogP contribution in [0.4, 0.5) is 4.39 Å². The molecule has 3 aromatic heterocycles. The molecule has 4 nitrogen and oxygen atoms in total. The predicted molar refractivity (Wildman–Crippen MR) is 305 cm³/mol. The third-order valence-electron chi connectivity index (χ3n) is 13.5. The van der Waals surface area contributed by atoms with Gasteiger partial charge in [-0.1, -0.05) is 199 Å². The molecule has 0 unspecified atom stereocenters. The maximum absolute atomic E-state index is 13.7. The summed E-state index contributed by atoms with van der Waals surface area (Å²) in [6.45, 7) is 18.0. The number of rotatable bonds is 12. The second-order valence-corrected chi connectivity index (χ2v) is 20.1. The van der Waals surface area contributed by atoms with Crippen LogP contribution in [0.5, 0.6) is 5.75 Å². The molecule has 10 rings (SSSR count). The molecular weight excluding hydrogens is 1100 g/mol. The zero-order chi connectivity index (χ0) is 51.9. The molecule has 0 atom stereocenters. The fourth-order valence-electron chi connectivity index (χ4n) is 9.70. The number of hydrogen-bond donors (Lipinski definition) is 1. The van der Waals surface area contributed by atoms with Gasteiger partial charge in [-0.25, -0.2) is 0 Å². The van der Waals surface area contributed by atoms with E-state index in [4.69, 9.17) is 4.98 Å². The van der Waals surface area contributed by atoms with Gasteiger partial charge in [0.1, 0.15) is 5.75 Å². The number of benzene rings is 7. The fourth-order valence-corrected chi connectivity index (χ4v) is 9.70. The molecule has 0 amide bonds. The first-order chi connectivity index (χ1) is 35.8. The average molecular weight is 1160 g/mol. The molecule has 1 N–H and O–H groups in total. The summed E-state index contributed by atoms with van der Waals surface area (Å²) < 4.78 is 13.7. The molecule has 1 radical (unpaired) electrons. The molecule has 0 aliphatic rings. The van der Waals surface area contributed by atoms with Crippen LogP contribution in [0, 0.1) is 17.9 Å². The first kappa shape index (κ1) is 53.7. The number of phenols is 1. The number of phenolic OH excluding ortho intramolecular Hbond substituents is 1. The molecule has 7 aromatic carbocycles. The van der Waals surface area contributed by atoms with Crippen LogP contribution in [-0.4, -0.2) is 20.1 Å². The number of para-hydroxylation sites is 1. The van der Waals surface area contributed by atoms with Crippen molar-refractivity contribution in [3.8, 4) is 95.3 Å². The van der Waals surface area contributed by atoms with Crippen molar-refractivity contribution in [1.82, 2.24) is 15.0 Å². The topological polar surface area (TPSA) is 58.9 Å². The van der Waals surface area contributed by atoms with Crippen LogP contribution in [-0.2, 0) is 20.1 Å². The van der Waals surface area contributed by atoms with Crippen LogP contribution in [0.2, 0.25) is 0 Å². The van der Waals surface area contributed by atoms with E-state index in [1.54, 1.807) is 18.2 Å². The molecule has 0 bridgehead atoms. The van der Waals surface area contributed by atoms with E-state index in [-0.39, 0.29) is 43.5 Å². The summed E-state index contributed by atoms with van der Waals surface area (Å²) in [5.41, 5.74) is 21.2. The largest absolute Gasteiger partial charge is 0.507 e. The first-order valence-corrected chi connectivity index (χ1v) is 25.7. The first-order valence-electron chi connectivity index (χ1n) is 25.7. The molecule has 377 valence electrons. The summed E-state index contributed by atoms with van der Waals surface area (Å²) in [4.78, 5) is 14.2. The van der Waals surface area contributed by atoms with Gasteiger partial charge >= 0.3 is 0 Å². The minimum absolute atomic E-state index is 0. The minimum Gasteiger partial charge on any atom is -0.507 e. The van der Waals surface area contributed by atoms with E-state index < -0.39 is 0 Å². The maximum atomic E-state index is 13.7. The quantitative estimate of drug-likeness (QED) is 0.124. The normalized spacial score (nSPS) is 11.2. The van der Waals surface area contributed by atoms with E-state index in [1.807, 2.05) is 67.0 Å². The summed E-state index contributed by atoms with van der Waals surface area (Å²) in [5, 5.41) is 10.7. The smallest absolute Gasteiger partial charge is 0.124 e. The van der Waals surface area contributed by atoms with Gasteiger partial charge in [-0.15, -0.1) is 48.0 Å². The summed E-state index contributed by atoms with van der Waals surface area (Å²) in [5.74, 6) is 1.09. The van der Waals surface area contributed by atoms with E-state index in [9.17, 15) is 9.50 Å². The van der Waals surface area contributed by atoms with Crippen molar-refractivity contribution < 1.29 is 29.6 Å². The Labute approximate surface area is 456 Å². The molecule has 0 saturated heterocycles.